The Labute approximate surface area is 111 Å². The van der Waals surface area contributed by atoms with E-state index in [2.05, 4.69) is 15.6 Å². The number of amides is 1. The van der Waals surface area contributed by atoms with Crippen LogP contribution in [-0.2, 0) is 13.0 Å². The fraction of sp³-hybridized carbons (Fsp3) is 0.200. The Hall–Kier alpha value is -2.36. The third-order valence-electron chi connectivity index (χ3n) is 3.28. The summed E-state index contributed by atoms with van der Waals surface area (Å²) >= 11 is 0. The summed E-state index contributed by atoms with van der Waals surface area (Å²) < 4.78 is 0. The van der Waals surface area contributed by atoms with Gasteiger partial charge in [0.25, 0.3) is 5.91 Å². The zero-order chi connectivity index (χ0) is 13.1. The maximum absolute atomic E-state index is 12.1. The molecular weight excluding hydrogens is 238 g/mol. The van der Waals surface area contributed by atoms with Crippen molar-refractivity contribution in [2.24, 2.45) is 0 Å². The quantitative estimate of drug-likeness (QED) is 0.879. The number of pyridine rings is 1. The second kappa shape index (κ2) is 5.10. The van der Waals surface area contributed by atoms with Gasteiger partial charge in [-0.2, -0.15) is 0 Å². The number of anilines is 1. The van der Waals surface area contributed by atoms with E-state index in [-0.39, 0.29) is 5.91 Å². The first-order chi connectivity index (χ1) is 9.33. The average Bonchev–Trinajstić information content (AvgIpc) is 2.93. The van der Waals surface area contributed by atoms with Gasteiger partial charge in [0.1, 0.15) is 0 Å². The van der Waals surface area contributed by atoms with Gasteiger partial charge < -0.3 is 10.6 Å². The lowest BCUT2D eigenvalue weighted by Gasteiger charge is -2.07. The first kappa shape index (κ1) is 11.7. The van der Waals surface area contributed by atoms with Crippen molar-refractivity contribution in [1.29, 1.82) is 0 Å². The number of fused-ring (bicyclic) bond motifs is 1. The monoisotopic (exact) mass is 253 g/mol. The van der Waals surface area contributed by atoms with Crippen molar-refractivity contribution >= 4 is 11.6 Å². The highest BCUT2D eigenvalue weighted by molar-refractivity contribution is 5.95. The van der Waals surface area contributed by atoms with Crippen LogP contribution in [0.3, 0.4) is 0 Å². The van der Waals surface area contributed by atoms with E-state index in [4.69, 9.17) is 0 Å². The largest absolute Gasteiger partial charge is 0.384 e. The molecule has 1 aliphatic heterocycles. The maximum Gasteiger partial charge on any atom is 0.251 e. The number of aromatic nitrogens is 1. The smallest absolute Gasteiger partial charge is 0.251 e. The van der Waals surface area contributed by atoms with Crippen molar-refractivity contribution in [3.05, 3.63) is 59.4 Å². The summed E-state index contributed by atoms with van der Waals surface area (Å²) in [5.74, 6) is -0.0356. The first-order valence-electron chi connectivity index (χ1n) is 6.37. The Morgan fingerprint density at radius 2 is 2.11 bits per heavy atom. The Bertz CT molecular complexity index is 596. The first-order valence-corrected chi connectivity index (χ1v) is 6.37. The molecule has 2 heterocycles. The van der Waals surface area contributed by atoms with Crippen LogP contribution in [0, 0.1) is 0 Å². The zero-order valence-corrected chi connectivity index (χ0v) is 10.5. The van der Waals surface area contributed by atoms with Crippen molar-refractivity contribution in [1.82, 2.24) is 10.3 Å². The van der Waals surface area contributed by atoms with E-state index >= 15 is 0 Å². The van der Waals surface area contributed by atoms with Gasteiger partial charge in [0.2, 0.25) is 0 Å². The number of hydrogen-bond acceptors (Lipinski definition) is 3. The van der Waals surface area contributed by atoms with Crippen LogP contribution in [0.1, 0.15) is 21.5 Å². The molecule has 2 aromatic rings. The van der Waals surface area contributed by atoms with E-state index in [1.54, 1.807) is 12.4 Å². The van der Waals surface area contributed by atoms with E-state index < -0.39 is 0 Å². The SMILES string of the molecule is O=C(NCc1ccncc1)c1ccc2c(c1)CCN2. The van der Waals surface area contributed by atoms with E-state index in [1.165, 1.54) is 5.56 Å². The van der Waals surface area contributed by atoms with Crippen molar-refractivity contribution in [2.45, 2.75) is 13.0 Å². The second-order valence-corrected chi connectivity index (χ2v) is 4.59. The lowest BCUT2D eigenvalue weighted by molar-refractivity contribution is 0.0951. The summed E-state index contributed by atoms with van der Waals surface area (Å²) in [5.41, 5.74) is 4.13. The molecule has 3 rings (SSSR count). The summed E-state index contributed by atoms with van der Waals surface area (Å²) in [6, 6.07) is 9.60. The lowest BCUT2D eigenvalue weighted by atomic mass is 10.1. The molecule has 0 saturated carbocycles. The van der Waals surface area contributed by atoms with Crippen molar-refractivity contribution in [3.63, 3.8) is 0 Å². The van der Waals surface area contributed by atoms with Gasteiger partial charge in [0.15, 0.2) is 0 Å². The Kier molecular flexibility index (Phi) is 3.14. The van der Waals surface area contributed by atoms with Gasteiger partial charge >= 0.3 is 0 Å². The molecule has 0 spiro atoms. The number of nitrogens with zero attached hydrogens (tertiary/aromatic N) is 1. The molecular formula is C15H15N3O. The Morgan fingerprint density at radius 1 is 1.26 bits per heavy atom. The van der Waals surface area contributed by atoms with Gasteiger partial charge in [-0.3, -0.25) is 9.78 Å². The van der Waals surface area contributed by atoms with E-state index in [0.717, 1.165) is 29.8 Å². The van der Waals surface area contributed by atoms with Crippen LogP contribution in [0.2, 0.25) is 0 Å². The average molecular weight is 253 g/mol. The van der Waals surface area contributed by atoms with Crippen LogP contribution in [0.4, 0.5) is 5.69 Å². The molecule has 19 heavy (non-hydrogen) atoms. The molecule has 0 saturated heterocycles. The number of benzene rings is 1. The topological polar surface area (TPSA) is 54.0 Å². The fourth-order valence-electron chi connectivity index (χ4n) is 2.23. The van der Waals surface area contributed by atoms with E-state index in [0.29, 0.717) is 6.54 Å². The van der Waals surface area contributed by atoms with Gasteiger partial charge in [-0.05, 0) is 47.9 Å². The van der Waals surface area contributed by atoms with Gasteiger partial charge in [-0.25, -0.2) is 0 Å². The van der Waals surface area contributed by atoms with Gasteiger partial charge in [0, 0.05) is 36.7 Å². The van der Waals surface area contributed by atoms with Crippen LogP contribution >= 0.6 is 0 Å². The second-order valence-electron chi connectivity index (χ2n) is 4.59. The molecule has 1 aromatic heterocycles. The minimum atomic E-state index is -0.0356. The molecule has 0 unspecified atom stereocenters. The molecule has 96 valence electrons. The highest BCUT2D eigenvalue weighted by atomic mass is 16.1. The predicted octanol–water partition coefficient (Wildman–Crippen LogP) is 1.98. The van der Waals surface area contributed by atoms with Crippen LogP contribution in [0.15, 0.2) is 42.7 Å². The van der Waals surface area contributed by atoms with Crippen LogP contribution in [-0.4, -0.2) is 17.4 Å². The summed E-state index contributed by atoms with van der Waals surface area (Å²) in [6.45, 7) is 1.48. The van der Waals surface area contributed by atoms with Crippen molar-refractivity contribution in [3.8, 4) is 0 Å². The summed E-state index contributed by atoms with van der Waals surface area (Å²) in [7, 11) is 0. The van der Waals surface area contributed by atoms with Crippen molar-refractivity contribution in [2.75, 3.05) is 11.9 Å². The molecule has 0 fully saturated rings. The van der Waals surface area contributed by atoms with E-state index in [9.17, 15) is 4.79 Å². The minimum Gasteiger partial charge on any atom is -0.384 e. The van der Waals surface area contributed by atoms with E-state index in [1.807, 2.05) is 30.3 Å². The summed E-state index contributed by atoms with van der Waals surface area (Å²) in [4.78, 5) is 16.0. The Balaban J connectivity index is 1.67. The molecule has 0 aliphatic carbocycles. The number of rotatable bonds is 3. The minimum absolute atomic E-state index is 0.0356. The maximum atomic E-state index is 12.1. The lowest BCUT2D eigenvalue weighted by Crippen LogP contribution is -2.22. The number of carbonyl (C=O) groups excluding carboxylic acids is 1. The molecule has 2 N–H and O–H groups in total. The third kappa shape index (κ3) is 2.57. The molecule has 4 heteroatoms. The Morgan fingerprint density at radius 3 is 2.95 bits per heavy atom. The molecule has 0 radical (unpaired) electrons. The highest BCUT2D eigenvalue weighted by Gasteiger charge is 2.13. The molecule has 4 nitrogen and oxygen atoms in total. The molecule has 0 bridgehead atoms. The predicted molar refractivity (Wildman–Crippen MR) is 74.0 cm³/mol. The molecule has 1 aromatic carbocycles. The number of hydrogen-bond donors (Lipinski definition) is 2. The summed E-state index contributed by atoms with van der Waals surface area (Å²) in [5, 5.41) is 6.20. The van der Waals surface area contributed by atoms with Gasteiger partial charge in [0.05, 0.1) is 0 Å². The fourth-order valence-corrected chi connectivity index (χ4v) is 2.23. The van der Waals surface area contributed by atoms with Crippen LogP contribution < -0.4 is 10.6 Å². The van der Waals surface area contributed by atoms with Crippen LogP contribution in [0.5, 0.6) is 0 Å². The molecule has 1 amide bonds. The molecule has 1 aliphatic rings. The number of nitrogens with one attached hydrogen (secondary N) is 2. The van der Waals surface area contributed by atoms with Crippen molar-refractivity contribution < 1.29 is 4.79 Å². The number of carbonyl (C=O) groups is 1. The van der Waals surface area contributed by atoms with Crippen LogP contribution in [0.25, 0.3) is 0 Å². The summed E-state index contributed by atoms with van der Waals surface area (Å²) in [6.07, 6.45) is 4.44. The zero-order valence-electron chi connectivity index (χ0n) is 10.5. The third-order valence-corrected chi connectivity index (χ3v) is 3.28. The van der Waals surface area contributed by atoms with Gasteiger partial charge in [-0.15, -0.1) is 0 Å². The normalized spacial score (nSPS) is 12.6. The highest BCUT2D eigenvalue weighted by Crippen LogP contribution is 2.22. The molecule has 0 atom stereocenters. The van der Waals surface area contributed by atoms with Gasteiger partial charge in [-0.1, -0.05) is 0 Å². The standard InChI is InChI=1S/C15H15N3O/c19-15(18-10-11-3-6-16-7-4-11)13-1-2-14-12(9-13)5-8-17-14/h1-4,6-7,9,17H,5,8,10H2,(H,18,19).